The van der Waals surface area contributed by atoms with Gasteiger partial charge in [-0.2, -0.15) is 0 Å². The fraction of sp³-hybridized carbons (Fsp3) is 0.217. The van der Waals surface area contributed by atoms with Crippen molar-refractivity contribution in [2.75, 3.05) is 6.54 Å². The van der Waals surface area contributed by atoms with Crippen molar-refractivity contribution in [2.45, 2.75) is 26.5 Å². The maximum Gasteiger partial charge on any atom is 0.338 e. The van der Waals surface area contributed by atoms with E-state index in [1.165, 1.54) is 31.2 Å². The number of carbonyl (C=O) groups excluding carboxylic acids is 4. The van der Waals surface area contributed by atoms with Crippen molar-refractivity contribution in [3.63, 3.8) is 0 Å². The van der Waals surface area contributed by atoms with Crippen molar-refractivity contribution in [3.05, 3.63) is 82.9 Å². The molecule has 0 unspecified atom stereocenters. The van der Waals surface area contributed by atoms with Crippen LogP contribution in [-0.2, 0) is 16.1 Å². The van der Waals surface area contributed by atoms with Crippen molar-refractivity contribution < 1.29 is 23.9 Å². The molecule has 7 heteroatoms. The molecule has 0 saturated carbocycles. The van der Waals surface area contributed by atoms with Crippen molar-refractivity contribution in [1.82, 2.24) is 10.2 Å². The SMILES string of the molecule is C=CCN1C(=O)c2ccc(C(=O)O[C@H](C)C(=O)NCc3ccc(C)cc3)cc2C1=O. The maximum atomic E-state index is 12.4. The summed E-state index contributed by atoms with van der Waals surface area (Å²) in [5.41, 5.74) is 2.50. The van der Waals surface area contributed by atoms with Gasteiger partial charge in [0.2, 0.25) is 0 Å². The van der Waals surface area contributed by atoms with Crippen LogP contribution in [0.15, 0.2) is 55.1 Å². The quantitative estimate of drug-likeness (QED) is 0.434. The van der Waals surface area contributed by atoms with Gasteiger partial charge < -0.3 is 10.1 Å². The molecule has 30 heavy (non-hydrogen) atoms. The monoisotopic (exact) mass is 406 g/mol. The lowest BCUT2D eigenvalue weighted by atomic mass is 10.1. The molecule has 1 atom stereocenters. The number of amides is 3. The summed E-state index contributed by atoms with van der Waals surface area (Å²) in [6.07, 6.45) is 0.430. The van der Waals surface area contributed by atoms with Gasteiger partial charge in [-0.3, -0.25) is 19.3 Å². The van der Waals surface area contributed by atoms with Crippen LogP contribution in [0.3, 0.4) is 0 Å². The largest absolute Gasteiger partial charge is 0.449 e. The number of rotatable bonds is 7. The highest BCUT2D eigenvalue weighted by atomic mass is 16.5. The molecule has 1 N–H and O–H groups in total. The van der Waals surface area contributed by atoms with Crippen LogP contribution in [0.4, 0.5) is 0 Å². The summed E-state index contributed by atoms with van der Waals surface area (Å²) in [7, 11) is 0. The van der Waals surface area contributed by atoms with Gasteiger partial charge in [-0.15, -0.1) is 6.58 Å². The van der Waals surface area contributed by atoms with E-state index in [2.05, 4.69) is 11.9 Å². The summed E-state index contributed by atoms with van der Waals surface area (Å²) in [5, 5.41) is 2.72. The summed E-state index contributed by atoms with van der Waals surface area (Å²) in [4.78, 5) is 50.4. The molecule has 0 aromatic heterocycles. The van der Waals surface area contributed by atoms with E-state index < -0.39 is 29.8 Å². The number of carbonyl (C=O) groups is 4. The number of ether oxygens (including phenoxy) is 1. The minimum absolute atomic E-state index is 0.0876. The fourth-order valence-electron chi connectivity index (χ4n) is 3.03. The first-order valence-corrected chi connectivity index (χ1v) is 9.47. The lowest BCUT2D eigenvalue weighted by Gasteiger charge is -2.14. The van der Waals surface area contributed by atoms with Crippen LogP contribution in [0.2, 0.25) is 0 Å². The van der Waals surface area contributed by atoms with Gasteiger partial charge in [-0.25, -0.2) is 4.79 Å². The van der Waals surface area contributed by atoms with Gasteiger partial charge in [-0.05, 0) is 37.6 Å². The van der Waals surface area contributed by atoms with E-state index in [-0.39, 0.29) is 23.2 Å². The van der Waals surface area contributed by atoms with Crippen LogP contribution in [0, 0.1) is 6.92 Å². The number of hydrogen-bond acceptors (Lipinski definition) is 5. The normalized spacial score (nSPS) is 13.6. The summed E-state index contributed by atoms with van der Waals surface area (Å²) < 4.78 is 5.22. The van der Waals surface area contributed by atoms with Crippen molar-refractivity contribution in [1.29, 1.82) is 0 Å². The van der Waals surface area contributed by atoms with E-state index in [0.29, 0.717) is 6.54 Å². The van der Waals surface area contributed by atoms with Crippen LogP contribution < -0.4 is 5.32 Å². The molecule has 2 aromatic carbocycles. The van der Waals surface area contributed by atoms with Gasteiger partial charge in [0.15, 0.2) is 6.10 Å². The second-order valence-corrected chi connectivity index (χ2v) is 7.02. The van der Waals surface area contributed by atoms with Gasteiger partial charge >= 0.3 is 5.97 Å². The molecule has 7 nitrogen and oxygen atoms in total. The Morgan fingerprint density at radius 3 is 2.43 bits per heavy atom. The first kappa shape index (κ1) is 21.0. The first-order valence-electron chi connectivity index (χ1n) is 9.47. The summed E-state index contributed by atoms with van der Waals surface area (Å²) in [6, 6.07) is 11.8. The number of nitrogens with one attached hydrogen (secondary N) is 1. The Morgan fingerprint density at radius 2 is 1.77 bits per heavy atom. The minimum Gasteiger partial charge on any atom is -0.449 e. The zero-order chi connectivity index (χ0) is 21.8. The first-order chi connectivity index (χ1) is 14.3. The molecular formula is C23H22N2O5. The van der Waals surface area contributed by atoms with Crippen LogP contribution in [0.1, 0.15) is 49.1 Å². The highest BCUT2D eigenvalue weighted by Gasteiger charge is 2.35. The van der Waals surface area contributed by atoms with Gasteiger partial charge in [-0.1, -0.05) is 35.9 Å². The third-order valence-electron chi connectivity index (χ3n) is 4.76. The average molecular weight is 406 g/mol. The van der Waals surface area contributed by atoms with E-state index in [1.807, 2.05) is 31.2 Å². The van der Waals surface area contributed by atoms with E-state index in [0.717, 1.165) is 16.0 Å². The van der Waals surface area contributed by atoms with Crippen molar-refractivity contribution in [3.8, 4) is 0 Å². The molecule has 0 radical (unpaired) electrons. The molecule has 154 valence electrons. The summed E-state index contributed by atoms with van der Waals surface area (Å²) >= 11 is 0. The number of fused-ring (bicyclic) bond motifs is 1. The predicted molar refractivity (Wildman–Crippen MR) is 110 cm³/mol. The molecule has 0 aliphatic carbocycles. The smallest absolute Gasteiger partial charge is 0.338 e. The summed E-state index contributed by atoms with van der Waals surface area (Å²) in [6.45, 7) is 7.38. The van der Waals surface area contributed by atoms with Crippen LogP contribution in [-0.4, -0.2) is 41.2 Å². The van der Waals surface area contributed by atoms with E-state index in [4.69, 9.17) is 4.74 Å². The number of imide groups is 1. The molecular weight excluding hydrogens is 384 g/mol. The van der Waals surface area contributed by atoms with Gasteiger partial charge in [0.25, 0.3) is 17.7 Å². The van der Waals surface area contributed by atoms with Gasteiger partial charge in [0.1, 0.15) is 0 Å². The second-order valence-electron chi connectivity index (χ2n) is 7.02. The number of nitrogens with zero attached hydrogens (tertiary/aromatic N) is 1. The summed E-state index contributed by atoms with van der Waals surface area (Å²) in [5.74, 6) is -2.11. The number of benzene rings is 2. The standard InChI is InChI=1S/C23H22N2O5/c1-4-11-25-21(27)18-10-9-17(12-19(18)22(25)28)23(29)30-15(3)20(26)24-13-16-7-5-14(2)6-8-16/h4-10,12,15H,1,11,13H2,2-3H3,(H,24,26)/t15-/m1/s1. The Kier molecular flexibility index (Phi) is 6.11. The molecule has 3 rings (SSSR count). The third-order valence-corrected chi connectivity index (χ3v) is 4.76. The van der Waals surface area contributed by atoms with Crippen LogP contribution in [0.5, 0.6) is 0 Å². The minimum atomic E-state index is -1.02. The molecule has 1 heterocycles. The second kappa shape index (κ2) is 8.73. The fourth-order valence-corrected chi connectivity index (χ4v) is 3.03. The molecule has 0 spiro atoms. The molecule has 1 aliphatic heterocycles. The number of hydrogen-bond donors (Lipinski definition) is 1. The van der Waals surface area contributed by atoms with Crippen LogP contribution in [0.25, 0.3) is 0 Å². The Balaban J connectivity index is 1.62. The molecule has 0 bridgehead atoms. The van der Waals surface area contributed by atoms with E-state index in [9.17, 15) is 19.2 Å². The van der Waals surface area contributed by atoms with Crippen molar-refractivity contribution in [2.24, 2.45) is 0 Å². The van der Waals surface area contributed by atoms with Crippen LogP contribution >= 0.6 is 0 Å². The number of aryl methyl sites for hydroxylation is 1. The predicted octanol–water partition coefficient (Wildman–Crippen LogP) is 2.64. The lowest BCUT2D eigenvalue weighted by molar-refractivity contribution is -0.129. The Labute approximate surface area is 174 Å². The molecule has 2 aromatic rings. The topological polar surface area (TPSA) is 92.8 Å². The highest BCUT2D eigenvalue weighted by molar-refractivity contribution is 6.22. The zero-order valence-electron chi connectivity index (χ0n) is 16.8. The number of esters is 1. The zero-order valence-corrected chi connectivity index (χ0v) is 16.8. The Bertz CT molecular complexity index is 1030. The Morgan fingerprint density at radius 1 is 1.10 bits per heavy atom. The molecule has 1 aliphatic rings. The molecule has 3 amide bonds. The van der Waals surface area contributed by atoms with E-state index >= 15 is 0 Å². The molecule has 0 fully saturated rings. The van der Waals surface area contributed by atoms with Gasteiger partial charge in [0.05, 0.1) is 16.7 Å². The maximum absolute atomic E-state index is 12.4. The Hall–Kier alpha value is -3.74. The lowest BCUT2D eigenvalue weighted by Crippen LogP contribution is -2.35. The third kappa shape index (κ3) is 4.30. The van der Waals surface area contributed by atoms with Gasteiger partial charge in [0, 0.05) is 13.1 Å². The highest BCUT2D eigenvalue weighted by Crippen LogP contribution is 2.24. The van der Waals surface area contributed by atoms with Crippen molar-refractivity contribution >= 4 is 23.7 Å². The molecule has 0 saturated heterocycles. The van der Waals surface area contributed by atoms with E-state index in [1.54, 1.807) is 0 Å². The average Bonchev–Trinajstić information content (AvgIpc) is 2.97.